The fourth-order valence-electron chi connectivity index (χ4n) is 3.33. The van der Waals surface area contributed by atoms with Gasteiger partial charge in [-0.25, -0.2) is 5.01 Å². The van der Waals surface area contributed by atoms with Crippen molar-refractivity contribution in [3.8, 4) is 6.07 Å². The lowest BCUT2D eigenvalue weighted by Gasteiger charge is -2.20. The number of rotatable bonds is 8. The van der Waals surface area contributed by atoms with Gasteiger partial charge in [0.1, 0.15) is 6.73 Å². The lowest BCUT2D eigenvalue weighted by molar-refractivity contribution is -0.116. The van der Waals surface area contributed by atoms with Crippen LogP contribution < -0.4 is 10.3 Å². The third kappa shape index (κ3) is 8.59. The first kappa shape index (κ1) is 29.8. The van der Waals surface area contributed by atoms with Gasteiger partial charge in [0.15, 0.2) is 0 Å². The smallest absolute Gasteiger partial charge is 0.244 e. The normalized spacial score (nSPS) is 11.2. The number of nitriles is 1. The Labute approximate surface area is 231 Å². The predicted molar refractivity (Wildman–Crippen MR) is 148 cm³/mol. The Morgan fingerprint density at radius 1 is 1.14 bits per heavy atom. The molecule has 0 aliphatic heterocycles. The van der Waals surface area contributed by atoms with Gasteiger partial charge in [-0.15, -0.1) is 0 Å². The summed E-state index contributed by atoms with van der Waals surface area (Å²) in [7, 11) is 1.51. The number of nitrogens with one attached hydrogen (secondary N) is 1. The number of hydrogen-bond donors (Lipinski definition) is 1. The van der Waals surface area contributed by atoms with Crippen LogP contribution in [0.2, 0.25) is 15.1 Å². The summed E-state index contributed by atoms with van der Waals surface area (Å²) in [6.07, 6.45) is 2.16. The molecule has 3 aromatic carbocycles. The summed E-state index contributed by atoms with van der Waals surface area (Å²) >= 11 is 19.2. The molecule has 0 saturated heterocycles. The molecule has 2 amide bonds. The van der Waals surface area contributed by atoms with Crippen molar-refractivity contribution in [2.75, 3.05) is 18.8 Å². The molecule has 0 heterocycles. The molecule has 1 N–H and O–H groups in total. The zero-order valence-electron chi connectivity index (χ0n) is 20.4. The van der Waals surface area contributed by atoms with Crippen LogP contribution >= 0.6 is 34.8 Å². The van der Waals surface area contributed by atoms with Gasteiger partial charge < -0.3 is 10.1 Å². The van der Waals surface area contributed by atoms with E-state index in [0.29, 0.717) is 29.4 Å². The molecule has 192 valence electrons. The SMILES string of the molecule is CC(=O)N(/N=C/c1ccccc1)c1cc(Cl)c(C(C#N)c2ccc(Cl)cc2C)c(Cl)c1.COCNC=O. The molecule has 0 spiro atoms. The third-order valence-electron chi connectivity index (χ3n) is 5.00. The number of carbonyl (C=O) groups is 2. The summed E-state index contributed by atoms with van der Waals surface area (Å²) in [5.41, 5.74) is 3.32. The molecule has 7 nitrogen and oxygen atoms in total. The van der Waals surface area contributed by atoms with E-state index in [4.69, 9.17) is 34.8 Å². The summed E-state index contributed by atoms with van der Waals surface area (Å²) in [5, 5.41) is 18.8. The predicted octanol–water partition coefficient (Wildman–Crippen LogP) is 6.33. The Bertz CT molecular complexity index is 1270. The second-order valence-corrected chi connectivity index (χ2v) is 8.88. The Morgan fingerprint density at radius 3 is 2.27 bits per heavy atom. The van der Waals surface area contributed by atoms with Crippen LogP contribution in [0.1, 0.15) is 35.1 Å². The lowest BCUT2D eigenvalue weighted by Crippen LogP contribution is -2.22. The zero-order valence-corrected chi connectivity index (χ0v) is 22.7. The maximum atomic E-state index is 12.2. The van der Waals surface area contributed by atoms with Gasteiger partial charge in [-0.2, -0.15) is 10.4 Å². The largest absolute Gasteiger partial charge is 0.365 e. The minimum absolute atomic E-state index is 0.268. The van der Waals surface area contributed by atoms with Crippen LogP contribution in [0.15, 0.2) is 65.8 Å². The molecule has 0 aliphatic carbocycles. The van der Waals surface area contributed by atoms with Crippen molar-refractivity contribution < 1.29 is 14.3 Å². The number of nitrogens with zero attached hydrogens (tertiary/aromatic N) is 3. The van der Waals surface area contributed by atoms with Gasteiger partial charge in [0, 0.05) is 34.7 Å². The average Bonchev–Trinajstić information content (AvgIpc) is 2.86. The van der Waals surface area contributed by atoms with E-state index in [1.54, 1.807) is 36.5 Å². The standard InChI is InChI=1S/C24H18Cl3N3O.C3H7NO2/c1-15-10-18(25)8-9-20(15)21(13-28)24-22(26)11-19(12-23(24)27)30(16(2)31)29-14-17-6-4-3-5-7-17;1-6-3-4-2-5/h3-12,14,21H,1-2H3;2H,3H2,1H3,(H,4,5)/b29-14+;. The van der Waals surface area contributed by atoms with E-state index < -0.39 is 5.92 Å². The minimum atomic E-state index is -0.690. The Balaban J connectivity index is 0.000000717. The van der Waals surface area contributed by atoms with Crippen molar-refractivity contribution in [2.24, 2.45) is 5.10 Å². The van der Waals surface area contributed by atoms with Crippen molar-refractivity contribution in [1.29, 1.82) is 5.26 Å². The van der Waals surface area contributed by atoms with Gasteiger partial charge >= 0.3 is 0 Å². The Morgan fingerprint density at radius 2 is 1.78 bits per heavy atom. The maximum absolute atomic E-state index is 12.2. The topological polar surface area (TPSA) is 94.8 Å². The van der Waals surface area contributed by atoms with Crippen molar-refractivity contribution in [2.45, 2.75) is 19.8 Å². The number of benzene rings is 3. The van der Waals surface area contributed by atoms with E-state index in [0.717, 1.165) is 16.7 Å². The Kier molecular flexibility index (Phi) is 12.1. The van der Waals surface area contributed by atoms with Crippen molar-refractivity contribution in [3.05, 3.63) is 98.0 Å². The number of anilines is 1. The number of methoxy groups -OCH3 is 1. The van der Waals surface area contributed by atoms with Crippen LogP contribution in [0.5, 0.6) is 0 Å². The van der Waals surface area contributed by atoms with Crippen LogP contribution in [0.3, 0.4) is 0 Å². The quantitative estimate of drug-likeness (QED) is 0.115. The van der Waals surface area contributed by atoms with Gasteiger partial charge in [0.2, 0.25) is 12.3 Å². The van der Waals surface area contributed by atoms with E-state index in [-0.39, 0.29) is 16.0 Å². The molecule has 0 radical (unpaired) electrons. The second kappa shape index (κ2) is 15.0. The molecule has 0 aliphatic rings. The minimum Gasteiger partial charge on any atom is -0.365 e. The highest BCUT2D eigenvalue weighted by Crippen LogP contribution is 2.40. The van der Waals surface area contributed by atoms with Crippen molar-refractivity contribution in [3.63, 3.8) is 0 Å². The molecular weight excluding hydrogens is 535 g/mol. The van der Waals surface area contributed by atoms with Crippen molar-refractivity contribution >= 4 is 59.0 Å². The Hall–Kier alpha value is -3.41. The first-order valence-electron chi connectivity index (χ1n) is 10.9. The molecule has 1 atom stereocenters. The number of halogens is 3. The molecule has 0 aromatic heterocycles. The molecule has 1 unspecified atom stereocenters. The fourth-order valence-corrected chi connectivity index (χ4v) is 4.25. The van der Waals surface area contributed by atoms with Crippen LogP contribution in [0.4, 0.5) is 5.69 Å². The number of aryl methyl sites for hydroxylation is 1. The number of hydrogen-bond acceptors (Lipinski definition) is 5. The molecular formula is C27H25Cl3N4O3. The van der Waals surface area contributed by atoms with E-state index in [1.807, 2.05) is 37.3 Å². The number of hydrazone groups is 1. The highest BCUT2D eigenvalue weighted by atomic mass is 35.5. The summed E-state index contributed by atoms with van der Waals surface area (Å²) in [6.45, 7) is 3.56. The summed E-state index contributed by atoms with van der Waals surface area (Å²) in [5.74, 6) is -0.998. The van der Waals surface area contributed by atoms with Gasteiger partial charge in [-0.1, -0.05) is 71.2 Å². The zero-order chi connectivity index (χ0) is 27.4. The van der Waals surface area contributed by atoms with Crippen LogP contribution in [-0.4, -0.2) is 32.4 Å². The molecule has 10 heteroatoms. The molecule has 0 bridgehead atoms. The number of ether oxygens (including phenoxy) is 1. The molecule has 3 aromatic rings. The number of amides is 2. The second-order valence-electron chi connectivity index (χ2n) is 7.63. The lowest BCUT2D eigenvalue weighted by atomic mass is 9.89. The highest BCUT2D eigenvalue weighted by molar-refractivity contribution is 6.37. The molecule has 3 rings (SSSR count). The van der Waals surface area contributed by atoms with E-state index in [9.17, 15) is 14.9 Å². The van der Waals surface area contributed by atoms with E-state index >= 15 is 0 Å². The first-order valence-corrected chi connectivity index (χ1v) is 12.1. The highest BCUT2D eigenvalue weighted by Gasteiger charge is 2.24. The molecule has 37 heavy (non-hydrogen) atoms. The van der Waals surface area contributed by atoms with Gasteiger partial charge in [0.25, 0.3) is 0 Å². The summed E-state index contributed by atoms with van der Waals surface area (Å²) < 4.78 is 4.44. The summed E-state index contributed by atoms with van der Waals surface area (Å²) in [4.78, 5) is 21.6. The average molecular weight is 560 g/mol. The third-order valence-corrected chi connectivity index (χ3v) is 5.86. The summed E-state index contributed by atoms with van der Waals surface area (Å²) in [6, 6.07) is 20.1. The van der Waals surface area contributed by atoms with Crippen LogP contribution in [0.25, 0.3) is 0 Å². The fraction of sp³-hybridized carbons (Fsp3) is 0.185. The van der Waals surface area contributed by atoms with Crippen LogP contribution in [0, 0.1) is 18.3 Å². The first-order chi connectivity index (χ1) is 17.7. The van der Waals surface area contributed by atoms with E-state index in [2.05, 4.69) is 21.2 Å². The van der Waals surface area contributed by atoms with E-state index in [1.165, 1.54) is 19.0 Å². The molecule has 0 saturated carbocycles. The van der Waals surface area contributed by atoms with Gasteiger partial charge in [0.05, 0.1) is 23.9 Å². The maximum Gasteiger partial charge on any atom is 0.244 e. The molecule has 0 fully saturated rings. The number of carbonyl (C=O) groups excluding carboxylic acids is 2. The van der Waals surface area contributed by atoms with Gasteiger partial charge in [-0.3, -0.25) is 9.59 Å². The van der Waals surface area contributed by atoms with Crippen molar-refractivity contribution in [1.82, 2.24) is 5.32 Å². The van der Waals surface area contributed by atoms with Crippen LogP contribution in [-0.2, 0) is 14.3 Å². The van der Waals surface area contributed by atoms with Gasteiger partial charge in [-0.05, 0) is 47.9 Å². The monoisotopic (exact) mass is 558 g/mol.